The highest BCUT2D eigenvalue weighted by Crippen LogP contribution is 2.38. The van der Waals surface area contributed by atoms with E-state index in [-0.39, 0.29) is 0 Å². The summed E-state index contributed by atoms with van der Waals surface area (Å²) in [6.07, 6.45) is 4.37. The highest BCUT2D eigenvalue weighted by molar-refractivity contribution is 5.92. The Morgan fingerprint density at radius 2 is 0.694 bits per heavy atom. The molecule has 0 bridgehead atoms. The van der Waals surface area contributed by atoms with Crippen LogP contribution in [0.2, 0.25) is 0 Å². The van der Waals surface area contributed by atoms with Crippen LogP contribution in [0.25, 0.3) is 33.7 Å². The molecular formula is C47H36N2. The second-order valence-electron chi connectivity index (χ2n) is 12.4. The standard InChI is InChI=1S/C47H36N2/c1-35-10-9-17-45(32-35)48(42-15-3-2-4-16-42)43-26-20-36(21-27-43)18-19-37-22-28-44(29-23-37)49(46-30-24-38-11-5-7-13-40(38)33-46)47-31-25-39-12-6-8-14-41(39)34-47/h2-34H,1H3/b19-18+. The van der Waals surface area contributed by atoms with Gasteiger partial charge in [0.05, 0.1) is 0 Å². The van der Waals surface area contributed by atoms with Crippen molar-refractivity contribution in [3.8, 4) is 0 Å². The first kappa shape index (κ1) is 30.0. The van der Waals surface area contributed by atoms with Crippen LogP contribution in [0.4, 0.5) is 34.1 Å². The molecule has 8 aromatic rings. The third-order valence-electron chi connectivity index (χ3n) is 9.03. The summed E-state index contributed by atoms with van der Waals surface area (Å²) >= 11 is 0. The average molecular weight is 629 g/mol. The smallest absolute Gasteiger partial charge is 0.0468 e. The molecule has 2 heteroatoms. The van der Waals surface area contributed by atoms with Crippen LogP contribution < -0.4 is 9.80 Å². The predicted molar refractivity (Wildman–Crippen MR) is 211 cm³/mol. The van der Waals surface area contributed by atoms with E-state index in [0.717, 1.165) is 45.3 Å². The molecule has 0 heterocycles. The fraction of sp³-hybridized carbons (Fsp3) is 0.0213. The maximum Gasteiger partial charge on any atom is 0.0468 e. The van der Waals surface area contributed by atoms with Gasteiger partial charge in [-0.15, -0.1) is 0 Å². The summed E-state index contributed by atoms with van der Waals surface area (Å²) in [5.74, 6) is 0. The average Bonchev–Trinajstić information content (AvgIpc) is 3.16. The summed E-state index contributed by atoms with van der Waals surface area (Å²) in [5, 5.41) is 4.92. The number of aryl methyl sites for hydroxylation is 1. The summed E-state index contributed by atoms with van der Waals surface area (Å²) in [4.78, 5) is 4.65. The fourth-order valence-corrected chi connectivity index (χ4v) is 6.53. The van der Waals surface area contributed by atoms with Gasteiger partial charge < -0.3 is 9.80 Å². The van der Waals surface area contributed by atoms with Crippen LogP contribution in [0.5, 0.6) is 0 Å². The minimum absolute atomic E-state index is 1.12. The van der Waals surface area contributed by atoms with E-state index in [1.54, 1.807) is 0 Å². The lowest BCUT2D eigenvalue weighted by molar-refractivity contribution is 1.27. The van der Waals surface area contributed by atoms with Crippen LogP contribution in [-0.2, 0) is 0 Å². The van der Waals surface area contributed by atoms with Crippen LogP contribution in [-0.4, -0.2) is 0 Å². The van der Waals surface area contributed by atoms with Crippen molar-refractivity contribution in [2.45, 2.75) is 6.92 Å². The largest absolute Gasteiger partial charge is 0.310 e. The van der Waals surface area contributed by atoms with Crippen molar-refractivity contribution >= 4 is 67.8 Å². The van der Waals surface area contributed by atoms with Crippen LogP contribution in [0.15, 0.2) is 188 Å². The number of para-hydroxylation sites is 1. The molecule has 0 N–H and O–H groups in total. The quantitative estimate of drug-likeness (QED) is 0.155. The minimum atomic E-state index is 1.12. The zero-order chi connectivity index (χ0) is 33.0. The maximum atomic E-state index is 2.35. The maximum absolute atomic E-state index is 2.35. The summed E-state index contributed by atoms with van der Waals surface area (Å²) in [6.45, 7) is 2.14. The molecule has 0 aliphatic rings. The Bertz CT molecular complexity index is 2310. The Morgan fingerprint density at radius 3 is 1.20 bits per heavy atom. The summed E-state index contributed by atoms with van der Waals surface area (Å²) in [7, 11) is 0. The first-order valence-corrected chi connectivity index (χ1v) is 16.8. The van der Waals surface area contributed by atoms with Crippen molar-refractivity contribution in [1.82, 2.24) is 0 Å². The van der Waals surface area contributed by atoms with Gasteiger partial charge in [-0.3, -0.25) is 0 Å². The van der Waals surface area contributed by atoms with Gasteiger partial charge >= 0.3 is 0 Å². The van der Waals surface area contributed by atoms with Crippen LogP contribution in [0.3, 0.4) is 0 Å². The summed E-state index contributed by atoms with van der Waals surface area (Å²) in [5.41, 5.74) is 10.3. The molecule has 8 rings (SSSR count). The Kier molecular flexibility index (Phi) is 8.19. The van der Waals surface area contributed by atoms with Crippen LogP contribution in [0.1, 0.15) is 16.7 Å². The predicted octanol–water partition coefficient (Wildman–Crippen LogP) is 13.4. The molecule has 0 saturated carbocycles. The number of hydrogen-bond donors (Lipinski definition) is 0. The molecule has 0 fully saturated rings. The molecule has 0 aliphatic carbocycles. The van der Waals surface area contributed by atoms with Gasteiger partial charge in [-0.25, -0.2) is 0 Å². The first-order valence-electron chi connectivity index (χ1n) is 16.8. The van der Waals surface area contributed by atoms with E-state index >= 15 is 0 Å². The first-order chi connectivity index (χ1) is 24.2. The van der Waals surface area contributed by atoms with Gasteiger partial charge in [-0.2, -0.15) is 0 Å². The number of benzene rings is 8. The molecule has 2 nitrogen and oxygen atoms in total. The lowest BCUT2D eigenvalue weighted by atomic mass is 10.1. The highest BCUT2D eigenvalue weighted by Gasteiger charge is 2.14. The normalized spacial score (nSPS) is 11.3. The Morgan fingerprint density at radius 1 is 0.306 bits per heavy atom. The van der Waals surface area contributed by atoms with Crippen LogP contribution >= 0.6 is 0 Å². The molecule has 0 unspecified atom stereocenters. The van der Waals surface area contributed by atoms with Crippen LogP contribution in [0, 0.1) is 6.92 Å². The zero-order valence-electron chi connectivity index (χ0n) is 27.4. The Balaban J connectivity index is 1.08. The Labute approximate surface area is 288 Å². The molecule has 0 atom stereocenters. The second-order valence-corrected chi connectivity index (χ2v) is 12.4. The minimum Gasteiger partial charge on any atom is -0.310 e. The molecule has 8 aromatic carbocycles. The fourth-order valence-electron chi connectivity index (χ4n) is 6.53. The number of hydrogen-bond acceptors (Lipinski definition) is 2. The van der Waals surface area contributed by atoms with E-state index in [4.69, 9.17) is 0 Å². The van der Waals surface area contributed by atoms with E-state index in [9.17, 15) is 0 Å². The van der Waals surface area contributed by atoms with Gasteiger partial charge in [0.25, 0.3) is 0 Å². The van der Waals surface area contributed by atoms with E-state index < -0.39 is 0 Å². The third-order valence-corrected chi connectivity index (χ3v) is 9.03. The lowest BCUT2D eigenvalue weighted by Gasteiger charge is -2.26. The van der Waals surface area contributed by atoms with Crippen molar-refractivity contribution in [1.29, 1.82) is 0 Å². The number of rotatable bonds is 8. The molecular weight excluding hydrogens is 593 g/mol. The van der Waals surface area contributed by atoms with Crippen molar-refractivity contribution < 1.29 is 0 Å². The number of nitrogens with zero attached hydrogens (tertiary/aromatic N) is 2. The highest BCUT2D eigenvalue weighted by atomic mass is 15.1. The van der Waals surface area contributed by atoms with Gasteiger partial charge in [0.1, 0.15) is 0 Å². The molecule has 0 spiro atoms. The van der Waals surface area contributed by atoms with E-state index in [2.05, 4.69) is 217 Å². The molecule has 0 saturated heterocycles. The topological polar surface area (TPSA) is 6.48 Å². The van der Waals surface area contributed by atoms with Gasteiger partial charge in [-0.1, -0.05) is 127 Å². The van der Waals surface area contributed by atoms with E-state index in [1.165, 1.54) is 27.1 Å². The SMILES string of the molecule is Cc1cccc(N(c2ccccc2)c2ccc(/C=C/c3ccc(N(c4ccc5ccccc5c4)c4ccc5ccccc5c4)cc3)cc2)c1. The van der Waals surface area contributed by atoms with E-state index in [0.29, 0.717) is 0 Å². The summed E-state index contributed by atoms with van der Waals surface area (Å²) < 4.78 is 0. The lowest BCUT2D eigenvalue weighted by Crippen LogP contribution is -2.10. The van der Waals surface area contributed by atoms with Gasteiger partial charge in [0.15, 0.2) is 0 Å². The Hall–Kier alpha value is -6.38. The van der Waals surface area contributed by atoms with Crippen molar-refractivity contribution in [2.75, 3.05) is 9.80 Å². The molecule has 234 valence electrons. The molecule has 0 aromatic heterocycles. The number of fused-ring (bicyclic) bond motifs is 2. The van der Waals surface area contributed by atoms with Crippen molar-refractivity contribution in [3.05, 3.63) is 205 Å². The molecule has 0 amide bonds. The molecule has 0 radical (unpaired) electrons. The van der Waals surface area contributed by atoms with Crippen molar-refractivity contribution in [3.63, 3.8) is 0 Å². The number of anilines is 6. The second kappa shape index (κ2) is 13.4. The van der Waals surface area contributed by atoms with E-state index in [1.807, 2.05) is 0 Å². The van der Waals surface area contributed by atoms with Gasteiger partial charge in [0.2, 0.25) is 0 Å². The van der Waals surface area contributed by atoms with Gasteiger partial charge in [0, 0.05) is 34.1 Å². The molecule has 0 aliphatic heterocycles. The van der Waals surface area contributed by atoms with Gasteiger partial charge in [-0.05, 0) is 118 Å². The monoisotopic (exact) mass is 628 g/mol. The zero-order valence-corrected chi connectivity index (χ0v) is 27.4. The third kappa shape index (κ3) is 6.45. The summed E-state index contributed by atoms with van der Waals surface area (Å²) in [6, 6.07) is 67.3. The van der Waals surface area contributed by atoms with Crippen molar-refractivity contribution in [2.24, 2.45) is 0 Å². The molecule has 49 heavy (non-hydrogen) atoms.